The molecule has 1 atom stereocenters. The number of ether oxygens (including phenoxy) is 1. The van der Waals surface area contributed by atoms with Crippen LogP contribution in [0.3, 0.4) is 0 Å². The van der Waals surface area contributed by atoms with Crippen molar-refractivity contribution in [3.8, 4) is 6.07 Å². The van der Waals surface area contributed by atoms with Gasteiger partial charge in [-0.15, -0.1) is 0 Å². The first-order valence-corrected chi connectivity index (χ1v) is 11.9. The summed E-state index contributed by atoms with van der Waals surface area (Å²) >= 11 is 0. The van der Waals surface area contributed by atoms with Crippen molar-refractivity contribution in [2.45, 2.75) is 89.6 Å². The maximum absolute atomic E-state index is 13.3. The molecule has 2 amide bonds. The van der Waals surface area contributed by atoms with Crippen LogP contribution < -0.4 is 10.6 Å². The number of nitriles is 1. The highest BCUT2D eigenvalue weighted by molar-refractivity contribution is 5.89. The Hall–Kier alpha value is -2.10. The second kappa shape index (κ2) is 8.44. The Morgan fingerprint density at radius 2 is 1.58 bits per heavy atom. The minimum absolute atomic E-state index is 0.0129. The van der Waals surface area contributed by atoms with Gasteiger partial charge in [-0.3, -0.25) is 9.59 Å². The lowest BCUT2D eigenvalue weighted by molar-refractivity contribution is -0.157. The van der Waals surface area contributed by atoms with E-state index in [1.54, 1.807) is 0 Å². The summed E-state index contributed by atoms with van der Waals surface area (Å²) in [6.07, 6.45) is 9.61. The van der Waals surface area contributed by atoms with Crippen LogP contribution in [-0.4, -0.2) is 36.0 Å². The molecule has 7 nitrogen and oxygen atoms in total. The van der Waals surface area contributed by atoms with Gasteiger partial charge < -0.3 is 15.4 Å². The second-order valence-corrected chi connectivity index (χ2v) is 10.9. The fourth-order valence-corrected chi connectivity index (χ4v) is 6.95. The summed E-state index contributed by atoms with van der Waals surface area (Å²) in [5, 5.41) is 15.1. The first-order chi connectivity index (χ1) is 14.7. The largest absolute Gasteiger partial charge is 0.454 e. The van der Waals surface area contributed by atoms with Gasteiger partial charge in [-0.1, -0.05) is 13.8 Å². The molecule has 31 heavy (non-hydrogen) atoms. The average molecular weight is 430 g/mol. The zero-order chi connectivity index (χ0) is 22.2. The smallest absolute Gasteiger partial charge is 0.329 e. The van der Waals surface area contributed by atoms with Gasteiger partial charge in [0.2, 0.25) is 5.91 Å². The summed E-state index contributed by atoms with van der Waals surface area (Å²) in [5.41, 5.74) is -1.17. The van der Waals surface area contributed by atoms with Gasteiger partial charge in [-0.2, -0.15) is 5.26 Å². The Labute approximate surface area is 184 Å². The number of amides is 2. The molecule has 0 saturated heterocycles. The molecule has 0 aromatic carbocycles. The highest BCUT2D eigenvalue weighted by atomic mass is 16.5. The van der Waals surface area contributed by atoms with Crippen LogP contribution in [0.15, 0.2) is 0 Å². The van der Waals surface area contributed by atoms with Crippen molar-refractivity contribution in [3.05, 3.63) is 0 Å². The lowest BCUT2D eigenvalue weighted by Gasteiger charge is -2.55. The molecule has 0 aliphatic heterocycles. The second-order valence-electron chi connectivity index (χ2n) is 10.9. The van der Waals surface area contributed by atoms with Crippen molar-refractivity contribution < 1.29 is 19.1 Å². The zero-order valence-corrected chi connectivity index (χ0v) is 18.7. The first-order valence-electron chi connectivity index (χ1n) is 11.9. The van der Waals surface area contributed by atoms with Crippen LogP contribution in [0.25, 0.3) is 0 Å². The number of carbonyl (C=O) groups excluding carboxylic acids is 3. The molecule has 4 bridgehead atoms. The Kier molecular flexibility index (Phi) is 6.02. The van der Waals surface area contributed by atoms with E-state index in [9.17, 15) is 19.6 Å². The van der Waals surface area contributed by atoms with Gasteiger partial charge in [0.15, 0.2) is 6.61 Å². The molecule has 0 heterocycles. The fraction of sp³-hybridized carbons (Fsp3) is 0.833. The molecule has 0 aromatic heterocycles. The van der Waals surface area contributed by atoms with E-state index in [2.05, 4.69) is 16.7 Å². The molecule has 0 spiro atoms. The lowest BCUT2D eigenvalue weighted by atomic mass is 9.49. The van der Waals surface area contributed by atoms with Crippen LogP contribution >= 0.6 is 0 Å². The number of carbonyl (C=O) groups is 3. The minimum Gasteiger partial charge on any atom is -0.454 e. The molecule has 0 unspecified atom stereocenters. The molecule has 5 aliphatic rings. The van der Waals surface area contributed by atoms with Crippen molar-refractivity contribution in [3.63, 3.8) is 0 Å². The third-order valence-electron chi connectivity index (χ3n) is 8.12. The SMILES string of the molecule is CC(C)[C@H](NC(=O)C12CC3CC(CC(C3)C1)C2)C(=O)OCC(=O)NC1(C#N)CCCC1. The van der Waals surface area contributed by atoms with Gasteiger partial charge in [-0.25, -0.2) is 4.79 Å². The van der Waals surface area contributed by atoms with E-state index in [1.807, 2.05) is 13.8 Å². The van der Waals surface area contributed by atoms with Crippen molar-refractivity contribution in [1.29, 1.82) is 5.26 Å². The number of hydrogen-bond donors (Lipinski definition) is 2. The molecule has 5 fully saturated rings. The number of nitrogens with one attached hydrogen (secondary N) is 2. The number of nitrogens with zero attached hydrogens (tertiary/aromatic N) is 1. The maximum atomic E-state index is 13.3. The molecule has 5 aliphatic carbocycles. The summed E-state index contributed by atoms with van der Waals surface area (Å²) < 4.78 is 5.27. The van der Waals surface area contributed by atoms with Crippen LogP contribution in [0.4, 0.5) is 0 Å². The van der Waals surface area contributed by atoms with Crippen molar-refractivity contribution in [2.75, 3.05) is 6.61 Å². The number of rotatable bonds is 7. The lowest BCUT2D eigenvalue weighted by Crippen LogP contribution is -2.57. The summed E-state index contributed by atoms with van der Waals surface area (Å²) in [4.78, 5) is 38.4. The zero-order valence-electron chi connectivity index (χ0n) is 18.7. The molecular formula is C24H35N3O4. The van der Waals surface area contributed by atoms with Crippen LogP contribution in [-0.2, 0) is 19.1 Å². The quantitative estimate of drug-likeness (QED) is 0.605. The van der Waals surface area contributed by atoms with Gasteiger partial charge in [0.25, 0.3) is 5.91 Å². The predicted octanol–water partition coefficient (Wildman–Crippen LogP) is 2.84. The molecule has 5 rings (SSSR count). The molecule has 0 radical (unpaired) electrons. The maximum Gasteiger partial charge on any atom is 0.329 e. The van der Waals surface area contributed by atoms with Crippen molar-refractivity contribution in [2.24, 2.45) is 29.1 Å². The Bertz CT molecular complexity index is 743. The molecule has 170 valence electrons. The highest BCUT2D eigenvalue weighted by Gasteiger charge is 2.55. The van der Waals surface area contributed by atoms with E-state index in [-0.39, 0.29) is 17.2 Å². The van der Waals surface area contributed by atoms with Gasteiger partial charge in [0.1, 0.15) is 11.6 Å². The van der Waals surface area contributed by atoms with Gasteiger partial charge in [0.05, 0.1) is 6.07 Å². The average Bonchev–Trinajstić information content (AvgIpc) is 3.17. The van der Waals surface area contributed by atoms with E-state index in [1.165, 1.54) is 19.3 Å². The molecule has 5 saturated carbocycles. The summed E-state index contributed by atoms with van der Waals surface area (Å²) in [6.45, 7) is 3.31. The van der Waals surface area contributed by atoms with Crippen LogP contribution in [0.5, 0.6) is 0 Å². The van der Waals surface area contributed by atoms with Crippen LogP contribution in [0.1, 0.15) is 78.1 Å². The summed E-state index contributed by atoms with van der Waals surface area (Å²) in [7, 11) is 0. The number of hydrogen-bond acceptors (Lipinski definition) is 5. The van der Waals surface area contributed by atoms with E-state index < -0.39 is 30.1 Å². The van der Waals surface area contributed by atoms with Gasteiger partial charge in [0, 0.05) is 5.41 Å². The van der Waals surface area contributed by atoms with E-state index in [4.69, 9.17) is 4.74 Å². The third kappa shape index (κ3) is 4.44. The predicted molar refractivity (Wildman–Crippen MR) is 113 cm³/mol. The Morgan fingerprint density at radius 1 is 1.03 bits per heavy atom. The van der Waals surface area contributed by atoms with E-state index in [0.29, 0.717) is 30.6 Å². The summed E-state index contributed by atoms with van der Waals surface area (Å²) in [6, 6.07) is 1.42. The standard InChI is InChI=1S/C24H35N3O4/c1-15(2)20(21(29)31-13-19(28)27-24(14-25)5-3-4-6-24)26-22(30)23-10-16-7-17(11-23)9-18(8-16)12-23/h15-18,20H,3-13H2,1-2H3,(H,26,30)(H,27,28)/t16?,17?,18?,20-,23?/m0/s1. The minimum atomic E-state index is -0.840. The first kappa shape index (κ1) is 22.1. The number of esters is 1. The van der Waals surface area contributed by atoms with Crippen LogP contribution in [0, 0.1) is 40.4 Å². The Balaban J connectivity index is 1.33. The van der Waals surface area contributed by atoms with Crippen LogP contribution in [0.2, 0.25) is 0 Å². The van der Waals surface area contributed by atoms with Gasteiger partial charge >= 0.3 is 5.97 Å². The molecular weight excluding hydrogens is 394 g/mol. The monoisotopic (exact) mass is 429 g/mol. The Morgan fingerprint density at radius 3 is 2.06 bits per heavy atom. The topological polar surface area (TPSA) is 108 Å². The van der Waals surface area contributed by atoms with E-state index in [0.717, 1.165) is 32.1 Å². The van der Waals surface area contributed by atoms with Gasteiger partial charge in [-0.05, 0) is 87.9 Å². The molecule has 0 aromatic rings. The highest BCUT2D eigenvalue weighted by Crippen LogP contribution is 2.60. The van der Waals surface area contributed by atoms with Crippen molar-refractivity contribution in [1.82, 2.24) is 10.6 Å². The third-order valence-corrected chi connectivity index (χ3v) is 8.12. The van der Waals surface area contributed by atoms with E-state index >= 15 is 0 Å². The normalized spacial score (nSPS) is 33.5. The summed E-state index contributed by atoms with van der Waals surface area (Å²) in [5.74, 6) is 0.733. The molecule has 2 N–H and O–H groups in total. The van der Waals surface area contributed by atoms with Crippen molar-refractivity contribution >= 4 is 17.8 Å². The fourth-order valence-electron chi connectivity index (χ4n) is 6.95. The molecule has 7 heteroatoms.